The van der Waals surface area contributed by atoms with Crippen LogP contribution in [0.3, 0.4) is 0 Å². The van der Waals surface area contributed by atoms with E-state index in [1.165, 1.54) is 0 Å². The Morgan fingerprint density at radius 1 is 0.853 bits per heavy atom. The van der Waals surface area contributed by atoms with Crippen LogP contribution in [-0.2, 0) is 4.79 Å². The lowest BCUT2D eigenvalue weighted by Gasteiger charge is -2.24. The SMILES string of the molecule is CCC(Oc1ccccc1C(C)CC)C(=O)Nc1ccccc1C(=O)N(CC)c1ccccc1. The Kier molecular flexibility index (Phi) is 8.86. The van der Waals surface area contributed by atoms with E-state index in [2.05, 4.69) is 19.2 Å². The van der Waals surface area contributed by atoms with E-state index in [0.717, 1.165) is 23.4 Å². The van der Waals surface area contributed by atoms with Crippen LogP contribution in [0.4, 0.5) is 11.4 Å². The van der Waals surface area contributed by atoms with Crippen molar-refractivity contribution in [3.8, 4) is 5.75 Å². The molecule has 0 bridgehead atoms. The van der Waals surface area contributed by atoms with Crippen molar-refractivity contribution in [3.05, 3.63) is 90.0 Å². The van der Waals surface area contributed by atoms with E-state index in [1.807, 2.05) is 74.5 Å². The lowest BCUT2D eigenvalue weighted by Crippen LogP contribution is -2.35. The predicted molar refractivity (Wildman–Crippen MR) is 139 cm³/mol. The smallest absolute Gasteiger partial charge is 0.265 e. The Balaban J connectivity index is 1.82. The van der Waals surface area contributed by atoms with Crippen molar-refractivity contribution in [2.75, 3.05) is 16.8 Å². The van der Waals surface area contributed by atoms with Crippen LogP contribution in [0.1, 0.15) is 62.4 Å². The fourth-order valence-electron chi connectivity index (χ4n) is 3.88. The second kappa shape index (κ2) is 12.0. The maximum atomic E-state index is 13.4. The van der Waals surface area contributed by atoms with E-state index in [1.54, 1.807) is 23.1 Å². The number of nitrogens with one attached hydrogen (secondary N) is 1. The van der Waals surface area contributed by atoms with E-state index >= 15 is 0 Å². The number of amides is 2. The lowest BCUT2D eigenvalue weighted by molar-refractivity contribution is -0.122. The molecule has 0 spiro atoms. The van der Waals surface area contributed by atoms with E-state index < -0.39 is 6.10 Å². The summed E-state index contributed by atoms with van der Waals surface area (Å²) < 4.78 is 6.18. The molecular formula is C29H34N2O3. The van der Waals surface area contributed by atoms with Crippen molar-refractivity contribution in [3.63, 3.8) is 0 Å². The van der Waals surface area contributed by atoms with Gasteiger partial charge in [-0.3, -0.25) is 9.59 Å². The number of para-hydroxylation sites is 3. The van der Waals surface area contributed by atoms with Crippen molar-refractivity contribution >= 4 is 23.2 Å². The molecule has 0 radical (unpaired) electrons. The van der Waals surface area contributed by atoms with Gasteiger partial charge < -0.3 is 15.0 Å². The first-order valence-corrected chi connectivity index (χ1v) is 12.0. The molecule has 3 aromatic carbocycles. The van der Waals surface area contributed by atoms with Gasteiger partial charge in [-0.25, -0.2) is 0 Å². The minimum absolute atomic E-state index is 0.166. The van der Waals surface area contributed by atoms with Gasteiger partial charge in [-0.1, -0.05) is 69.3 Å². The molecule has 3 rings (SSSR count). The molecule has 2 atom stereocenters. The Morgan fingerprint density at radius 2 is 1.50 bits per heavy atom. The molecule has 2 amide bonds. The average Bonchev–Trinajstić information content (AvgIpc) is 2.88. The third-order valence-corrected chi connectivity index (χ3v) is 6.04. The van der Waals surface area contributed by atoms with Crippen LogP contribution in [-0.4, -0.2) is 24.5 Å². The van der Waals surface area contributed by atoms with E-state index in [4.69, 9.17) is 4.74 Å². The number of ether oxygens (including phenoxy) is 1. The third kappa shape index (κ3) is 5.84. The van der Waals surface area contributed by atoms with Crippen molar-refractivity contribution in [2.24, 2.45) is 0 Å². The maximum absolute atomic E-state index is 13.4. The summed E-state index contributed by atoms with van der Waals surface area (Å²) in [7, 11) is 0. The molecule has 178 valence electrons. The molecule has 1 N–H and O–H groups in total. The highest BCUT2D eigenvalue weighted by molar-refractivity contribution is 6.11. The molecule has 0 aliphatic heterocycles. The zero-order chi connectivity index (χ0) is 24.5. The molecule has 0 aliphatic carbocycles. The monoisotopic (exact) mass is 458 g/mol. The van der Waals surface area contributed by atoms with E-state index in [-0.39, 0.29) is 11.8 Å². The Labute approximate surface area is 202 Å². The summed E-state index contributed by atoms with van der Waals surface area (Å²) in [5, 5.41) is 2.94. The van der Waals surface area contributed by atoms with Crippen LogP contribution in [0, 0.1) is 0 Å². The summed E-state index contributed by atoms with van der Waals surface area (Å²) in [5.74, 6) is 0.614. The number of anilines is 2. The van der Waals surface area contributed by atoms with Gasteiger partial charge in [-0.15, -0.1) is 0 Å². The minimum atomic E-state index is -0.676. The van der Waals surface area contributed by atoms with Crippen LogP contribution in [0.25, 0.3) is 0 Å². The summed E-state index contributed by atoms with van der Waals surface area (Å²) >= 11 is 0. The van der Waals surface area contributed by atoms with Gasteiger partial charge in [0.05, 0.1) is 11.3 Å². The molecule has 0 heterocycles. The zero-order valence-corrected chi connectivity index (χ0v) is 20.5. The van der Waals surface area contributed by atoms with Crippen LogP contribution in [0.5, 0.6) is 5.75 Å². The summed E-state index contributed by atoms with van der Waals surface area (Å²) in [4.78, 5) is 28.3. The van der Waals surface area contributed by atoms with Crippen LogP contribution < -0.4 is 15.0 Å². The van der Waals surface area contributed by atoms with E-state index in [9.17, 15) is 9.59 Å². The van der Waals surface area contributed by atoms with Gasteiger partial charge in [0, 0.05) is 12.2 Å². The fraction of sp³-hybridized carbons (Fsp3) is 0.310. The molecule has 0 saturated carbocycles. The Morgan fingerprint density at radius 3 is 2.18 bits per heavy atom. The van der Waals surface area contributed by atoms with Crippen molar-refractivity contribution < 1.29 is 14.3 Å². The number of benzene rings is 3. The first-order valence-electron chi connectivity index (χ1n) is 12.0. The van der Waals surface area contributed by atoms with Crippen LogP contribution in [0.2, 0.25) is 0 Å². The molecule has 2 unspecified atom stereocenters. The van der Waals surface area contributed by atoms with Crippen LogP contribution in [0.15, 0.2) is 78.9 Å². The molecule has 5 heteroatoms. The molecule has 0 fully saturated rings. The molecule has 0 aromatic heterocycles. The first-order chi connectivity index (χ1) is 16.5. The molecule has 0 aliphatic rings. The third-order valence-electron chi connectivity index (χ3n) is 6.04. The Bertz CT molecular complexity index is 1100. The van der Waals surface area contributed by atoms with Gasteiger partial charge in [0.15, 0.2) is 6.10 Å². The van der Waals surface area contributed by atoms with Gasteiger partial charge in [-0.2, -0.15) is 0 Å². The number of carbonyl (C=O) groups is 2. The second-order valence-electron chi connectivity index (χ2n) is 8.28. The van der Waals surface area contributed by atoms with Gasteiger partial charge in [0.1, 0.15) is 5.75 Å². The average molecular weight is 459 g/mol. The number of nitrogens with zero attached hydrogens (tertiary/aromatic N) is 1. The minimum Gasteiger partial charge on any atom is -0.480 e. The van der Waals surface area contributed by atoms with Crippen molar-refractivity contribution in [1.82, 2.24) is 0 Å². The summed E-state index contributed by atoms with van der Waals surface area (Å²) in [6.45, 7) is 8.65. The number of hydrogen-bond acceptors (Lipinski definition) is 3. The number of rotatable bonds is 10. The van der Waals surface area contributed by atoms with Crippen molar-refractivity contribution in [2.45, 2.75) is 52.6 Å². The first kappa shape index (κ1) is 25.0. The predicted octanol–water partition coefficient (Wildman–Crippen LogP) is 6.66. The van der Waals surface area contributed by atoms with Gasteiger partial charge >= 0.3 is 0 Å². The highest BCUT2D eigenvalue weighted by atomic mass is 16.5. The summed E-state index contributed by atoms with van der Waals surface area (Å²) in [6.07, 6.45) is 0.806. The second-order valence-corrected chi connectivity index (χ2v) is 8.28. The van der Waals surface area contributed by atoms with Crippen molar-refractivity contribution in [1.29, 1.82) is 0 Å². The molecule has 3 aromatic rings. The maximum Gasteiger partial charge on any atom is 0.265 e. The fourth-order valence-corrected chi connectivity index (χ4v) is 3.88. The quantitative estimate of drug-likeness (QED) is 0.369. The van der Waals surface area contributed by atoms with Gasteiger partial charge in [0.2, 0.25) is 0 Å². The number of hydrogen-bond donors (Lipinski definition) is 1. The van der Waals surface area contributed by atoms with Gasteiger partial charge in [-0.05, 0) is 61.6 Å². The number of carbonyl (C=O) groups excluding carboxylic acids is 2. The standard InChI is InChI=1S/C29H34N2O3/c1-5-21(4)23-17-12-14-20-27(23)34-26(6-2)28(32)30-25-19-13-11-18-24(25)29(33)31(7-3)22-15-9-8-10-16-22/h8-21,26H,5-7H2,1-4H3,(H,30,32). The Hall–Kier alpha value is -3.60. The summed E-state index contributed by atoms with van der Waals surface area (Å²) in [5.41, 5.74) is 2.82. The topological polar surface area (TPSA) is 58.6 Å². The van der Waals surface area contributed by atoms with E-state index in [0.29, 0.717) is 30.1 Å². The molecule has 34 heavy (non-hydrogen) atoms. The highest BCUT2D eigenvalue weighted by Crippen LogP contribution is 2.30. The van der Waals surface area contributed by atoms with Gasteiger partial charge in [0.25, 0.3) is 11.8 Å². The summed E-state index contributed by atoms with van der Waals surface area (Å²) in [6, 6.07) is 24.5. The lowest BCUT2D eigenvalue weighted by atomic mass is 9.98. The normalized spacial score (nSPS) is 12.5. The highest BCUT2D eigenvalue weighted by Gasteiger charge is 2.24. The zero-order valence-electron chi connectivity index (χ0n) is 20.5. The largest absolute Gasteiger partial charge is 0.480 e. The molecular weight excluding hydrogens is 424 g/mol. The molecule has 0 saturated heterocycles. The van der Waals surface area contributed by atoms with Crippen LogP contribution >= 0.6 is 0 Å². The molecule has 5 nitrogen and oxygen atoms in total.